The molecule has 4 heteroatoms. The minimum Gasteiger partial charge on any atom is -0.388 e. The van der Waals surface area contributed by atoms with Crippen molar-refractivity contribution in [2.75, 3.05) is 0 Å². The monoisotopic (exact) mass is 326 g/mol. The molecule has 0 amide bonds. The van der Waals surface area contributed by atoms with Gasteiger partial charge in [0.15, 0.2) is 0 Å². The highest BCUT2D eigenvalue weighted by atomic mass is 79.9. The van der Waals surface area contributed by atoms with Crippen LogP contribution in [0.2, 0.25) is 0 Å². The standard InChI is InChI=1S/C15H13BrF2O/c1-9-2-3-11(6-13(9)16)15(19)7-10-4-5-12(17)8-14(10)18/h2-6,8,15,19H,7H2,1H3. The summed E-state index contributed by atoms with van der Waals surface area (Å²) in [5.74, 6) is -1.25. The maximum Gasteiger partial charge on any atom is 0.129 e. The first-order chi connectivity index (χ1) is 8.97. The Hall–Kier alpha value is -1.26. The van der Waals surface area contributed by atoms with Gasteiger partial charge in [0.25, 0.3) is 0 Å². The molecule has 19 heavy (non-hydrogen) atoms. The van der Waals surface area contributed by atoms with Crippen LogP contribution in [0.4, 0.5) is 8.78 Å². The Morgan fingerprint density at radius 2 is 1.89 bits per heavy atom. The molecular formula is C15H13BrF2O. The molecule has 1 nitrogen and oxygen atoms in total. The number of aliphatic hydroxyl groups excluding tert-OH is 1. The normalized spacial score (nSPS) is 12.5. The minimum absolute atomic E-state index is 0.113. The molecule has 0 fully saturated rings. The summed E-state index contributed by atoms with van der Waals surface area (Å²) in [6.45, 7) is 1.94. The molecule has 2 aromatic carbocycles. The lowest BCUT2D eigenvalue weighted by atomic mass is 10.0. The molecule has 0 aliphatic rings. The molecule has 0 saturated carbocycles. The SMILES string of the molecule is Cc1ccc(C(O)Cc2ccc(F)cc2F)cc1Br. The van der Waals surface area contributed by atoms with E-state index < -0.39 is 17.7 Å². The highest BCUT2D eigenvalue weighted by Gasteiger charge is 2.13. The van der Waals surface area contributed by atoms with Crippen LogP contribution >= 0.6 is 15.9 Å². The highest BCUT2D eigenvalue weighted by molar-refractivity contribution is 9.10. The quantitative estimate of drug-likeness (QED) is 0.891. The summed E-state index contributed by atoms with van der Waals surface area (Å²) < 4.78 is 27.2. The fourth-order valence-electron chi connectivity index (χ4n) is 1.83. The van der Waals surface area contributed by atoms with E-state index in [1.54, 1.807) is 12.1 Å². The molecule has 1 atom stereocenters. The summed E-state index contributed by atoms with van der Waals surface area (Å²) in [5, 5.41) is 10.1. The van der Waals surface area contributed by atoms with Crippen molar-refractivity contribution >= 4 is 15.9 Å². The van der Waals surface area contributed by atoms with Crippen LogP contribution in [0.5, 0.6) is 0 Å². The van der Waals surface area contributed by atoms with Crippen LogP contribution in [-0.4, -0.2) is 5.11 Å². The van der Waals surface area contributed by atoms with Crippen molar-refractivity contribution in [1.29, 1.82) is 0 Å². The van der Waals surface area contributed by atoms with Gasteiger partial charge in [-0.15, -0.1) is 0 Å². The first kappa shape index (κ1) is 14.2. The van der Waals surface area contributed by atoms with E-state index >= 15 is 0 Å². The highest BCUT2D eigenvalue weighted by Crippen LogP contribution is 2.25. The number of hydrogen-bond donors (Lipinski definition) is 1. The number of aliphatic hydroxyl groups is 1. The van der Waals surface area contributed by atoms with E-state index in [1.807, 2.05) is 13.0 Å². The van der Waals surface area contributed by atoms with Gasteiger partial charge in [0, 0.05) is 17.0 Å². The summed E-state index contributed by atoms with van der Waals surface area (Å²) in [4.78, 5) is 0. The molecule has 0 aliphatic carbocycles. The summed E-state index contributed by atoms with van der Waals surface area (Å²) >= 11 is 3.39. The lowest BCUT2D eigenvalue weighted by Crippen LogP contribution is -2.04. The first-order valence-corrected chi connectivity index (χ1v) is 6.64. The van der Waals surface area contributed by atoms with Crippen molar-refractivity contribution in [3.05, 3.63) is 69.2 Å². The predicted octanol–water partition coefficient (Wildman–Crippen LogP) is 4.31. The van der Waals surface area contributed by atoms with E-state index in [4.69, 9.17) is 0 Å². The fourth-order valence-corrected chi connectivity index (χ4v) is 2.23. The smallest absolute Gasteiger partial charge is 0.129 e. The van der Waals surface area contributed by atoms with Gasteiger partial charge < -0.3 is 5.11 Å². The van der Waals surface area contributed by atoms with Crippen molar-refractivity contribution in [2.24, 2.45) is 0 Å². The molecule has 100 valence electrons. The summed E-state index contributed by atoms with van der Waals surface area (Å²) in [5.41, 5.74) is 2.05. The zero-order chi connectivity index (χ0) is 14.0. The van der Waals surface area contributed by atoms with Crippen molar-refractivity contribution in [2.45, 2.75) is 19.4 Å². The molecule has 0 radical (unpaired) electrons. The van der Waals surface area contributed by atoms with Crippen molar-refractivity contribution < 1.29 is 13.9 Å². The average molecular weight is 327 g/mol. The van der Waals surface area contributed by atoms with Crippen LogP contribution in [-0.2, 0) is 6.42 Å². The first-order valence-electron chi connectivity index (χ1n) is 5.85. The van der Waals surface area contributed by atoms with Crippen LogP contribution in [0.15, 0.2) is 40.9 Å². The Morgan fingerprint density at radius 3 is 2.53 bits per heavy atom. The lowest BCUT2D eigenvalue weighted by molar-refractivity contribution is 0.177. The second kappa shape index (κ2) is 5.80. The maximum atomic E-state index is 13.5. The maximum absolute atomic E-state index is 13.5. The van der Waals surface area contributed by atoms with E-state index in [2.05, 4.69) is 15.9 Å². The number of aryl methyl sites for hydroxylation is 1. The Labute approximate surface area is 119 Å². The topological polar surface area (TPSA) is 20.2 Å². The van der Waals surface area contributed by atoms with Crippen LogP contribution < -0.4 is 0 Å². The number of rotatable bonds is 3. The molecule has 0 aromatic heterocycles. The van der Waals surface area contributed by atoms with Crippen LogP contribution in [0.25, 0.3) is 0 Å². The molecule has 2 aromatic rings. The Kier molecular flexibility index (Phi) is 4.32. The Bertz CT molecular complexity index is 599. The molecule has 0 heterocycles. The summed E-state index contributed by atoms with van der Waals surface area (Å²) in [7, 11) is 0. The fraction of sp³-hybridized carbons (Fsp3) is 0.200. The second-order valence-electron chi connectivity index (χ2n) is 4.46. The van der Waals surface area contributed by atoms with Gasteiger partial charge in [-0.25, -0.2) is 8.78 Å². The molecule has 0 aliphatic heterocycles. The third-order valence-corrected chi connectivity index (χ3v) is 3.86. The van der Waals surface area contributed by atoms with Crippen LogP contribution in [0.3, 0.4) is 0 Å². The third kappa shape index (κ3) is 3.39. The van der Waals surface area contributed by atoms with Gasteiger partial charge in [-0.05, 0) is 35.7 Å². The van der Waals surface area contributed by atoms with Gasteiger partial charge in [-0.3, -0.25) is 0 Å². The summed E-state index contributed by atoms with van der Waals surface area (Å²) in [6, 6.07) is 8.86. The molecule has 0 bridgehead atoms. The number of halogens is 3. The zero-order valence-corrected chi connectivity index (χ0v) is 11.9. The average Bonchev–Trinajstić information content (AvgIpc) is 2.36. The van der Waals surface area contributed by atoms with Crippen LogP contribution in [0, 0.1) is 18.6 Å². The lowest BCUT2D eigenvalue weighted by Gasteiger charge is -2.13. The van der Waals surface area contributed by atoms with Crippen LogP contribution in [0.1, 0.15) is 22.8 Å². The van der Waals surface area contributed by atoms with Gasteiger partial charge in [-0.2, -0.15) is 0 Å². The van der Waals surface area contributed by atoms with Crippen molar-refractivity contribution in [3.63, 3.8) is 0 Å². The molecule has 0 spiro atoms. The third-order valence-electron chi connectivity index (χ3n) is 3.01. The van der Waals surface area contributed by atoms with E-state index in [0.717, 1.165) is 16.1 Å². The van der Waals surface area contributed by atoms with E-state index in [9.17, 15) is 13.9 Å². The van der Waals surface area contributed by atoms with Gasteiger partial charge in [0.2, 0.25) is 0 Å². The van der Waals surface area contributed by atoms with Gasteiger partial charge >= 0.3 is 0 Å². The van der Waals surface area contributed by atoms with Crippen molar-refractivity contribution in [1.82, 2.24) is 0 Å². The molecule has 0 saturated heterocycles. The van der Waals surface area contributed by atoms with Gasteiger partial charge in [0.1, 0.15) is 11.6 Å². The molecule has 2 rings (SSSR count). The van der Waals surface area contributed by atoms with E-state index in [-0.39, 0.29) is 6.42 Å². The predicted molar refractivity (Wildman–Crippen MR) is 73.9 cm³/mol. The van der Waals surface area contributed by atoms with Crippen molar-refractivity contribution in [3.8, 4) is 0 Å². The van der Waals surface area contributed by atoms with Gasteiger partial charge in [-0.1, -0.05) is 34.1 Å². The summed E-state index contributed by atoms with van der Waals surface area (Å²) in [6.07, 6.45) is -0.710. The number of hydrogen-bond acceptors (Lipinski definition) is 1. The second-order valence-corrected chi connectivity index (χ2v) is 5.32. The largest absolute Gasteiger partial charge is 0.388 e. The molecule has 1 N–H and O–H groups in total. The van der Waals surface area contributed by atoms with E-state index in [0.29, 0.717) is 11.1 Å². The number of benzene rings is 2. The zero-order valence-electron chi connectivity index (χ0n) is 10.3. The Balaban J connectivity index is 2.20. The minimum atomic E-state index is -0.822. The molecule has 1 unspecified atom stereocenters. The Morgan fingerprint density at radius 1 is 1.16 bits per heavy atom. The van der Waals surface area contributed by atoms with E-state index in [1.165, 1.54) is 12.1 Å². The van der Waals surface area contributed by atoms with Gasteiger partial charge in [0.05, 0.1) is 6.10 Å². The molecular weight excluding hydrogens is 314 g/mol.